The second kappa shape index (κ2) is 4.00. The van der Waals surface area contributed by atoms with E-state index in [0.717, 1.165) is 6.20 Å². The molecule has 1 amide bonds. The smallest absolute Gasteiger partial charge is 0.304 e. The minimum atomic E-state index is -6.01. The quantitative estimate of drug-likeness (QED) is 0.783. The first-order chi connectivity index (χ1) is 7.70. The number of alkyl halides is 5. The summed E-state index contributed by atoms with van der Waals surface area (Å²) >= 11 is 0. The number of H-pyrrole nitrogens is 1. The summed E-state index contributed by atoms with van der Waals surface area (Å²) < 4.78 is 60.4. The van der Waals surface area contributed by atoms with Crippen molar-refractivity contribution in [2.24, 2.45) is 0 Å². The van der Waals surface area contributed by atoms with Gasteiger partial charge in [-0.1, -0.05) is 0 Å². The van der Waals surface area contributed by atoms with Crippen LogP contribution in [-0.4, -0.2) is 28.2 Å². The lowest BCUT2D eigenvalue weighted by atomic mass is 10.3. The molecule has 0 bridgehead atoms. The van der Waals surface area contributed by atoms with Crippen molar-refractivity contribution < 1.29 is 26.7 Å². The van der Waals surface area contributed by atoms with E-state index in [1.165, 1.54) is 11.4 Å². The molecule has 2 N–H and O–H groups in total. The summed E-state index contributed by atoms with van der Waals surface area (Å²) in [5.74, 6) is -8.77. The molecule has 1 rings (SSSR count). The average Bonchev–Trinajstić information content (AvgIpc) is 2.63. The van der Waals surface area contributed by atoms with Crippen LogP contribution in [-0.2, 0) is 4.79 Å². The van der Waals surface area contributed by atoms with E-state index in [-0.39, 0.29) is 5.56 Å². The number of rotatable bonds is 2. The molecule has 5 nitrogen and oxygen atoms in total. The van der Waals surface area contributed by atoms with E-state index in [0.29, 0.717) is 0 Å². The third kappa shape index (κ3) is 2.32. The molecule has 0 saturated heterocycles. The number of nitrogens with one attached hydrogen (secondary N) is 2. The Kier molecular flexibility index (Phi) is 3.03. The minimum absolute atomic E-state index is 0.365. The monoisotopic (exact) mass is 254 g/mol. The molecule has 0 saturated carbocycles. The maximum Gasteiger partial charge on any atom is 0.463 e. The standard InChI is InChI=1S/C7H3F5N4O/c8-6(9,7(10,11)12)5(17)15-4-3(1-13)2-14-16-4/h2H,(H2,14,15,16,17). The summed E-state index contributed by atoms with van der Waals surface area (Å²) in [5.41, 5.74) is -0.365. The molecule has 0 aromatic carbocycles. The van der Waals surface area contributed by atoms with Crippen molar-refractivity contribution in [3.05, 3.63) is 11.8 Å². The average molecular weight is 254 g/mol. The predicted octanol–water partition coefficient (Wildman–Crippen LogP) is 1.42. The first-order valence-corrected chi connectivity index (χ1v) is 3.89. The molecular formula is C7H3F5N4O. The fourth-order valence-corrected chi connectivity index (χ4v) is 0.787. The van der Waals surface area contributed by atoms with E-state index >= 15 is 0 Å². The summed E-state index contributed by atoms with van der Waals surface area (Å²) in [5, 5.41) is 14.8. The van der Waals surface area contributed by atoms with Crippen molar-refractivity contribution in [2.75, 3.05) is 5.32 Å². The lowest BCUT2D eigenvalue weighted by Crippen LogP contribution is -2.47. The number of nitriles is 1. The minimum Gasteiger partial charge on any atom is -0.304 e. The van der Waals surface area contributed by atoms with Gasteiger partial charge >= 0.3 is 18.0 Å². The number of aromatic amines is 1. The van der Waals surface area contributed by atoms with E-state index in [1.54, 1.807) is 0 Å². The molecule has 0 spiro atoms. The van der Waals surface area contributed by atoms with Gasteiger partial charge in [-0.3, -0.25) is 9.89 Å². The molecule has 1 heterocycles. The largest absolute Gasteiger partial charge is 0.463 e. The van der Waals surface area contributed by atoms with Crippen molar-refractivity contribution in [1.82, 2.24) is 10.2 Å². The van der Waals surface area contributed by atoms with Crippen molar-refractivity contribution >= 4 is 11.7 Å². The normalized spacial score (nSPS) is 12.0. The molecule has 0 unspecified atom stereocenters. The molecule has 0 radical (unpaired) electrons. The molecule has 17 heavy (non-hydrogen) atoms. The van der Waals surface area contributed by atoms with E-state index in [4.69, 9.17) is 5.26 Å². The molecule has 10 heteroatoms. The number of aromatic nitrogens is 2. The van der Waals surface area contributed by atoms with Crippen LogP contribution in [0.4, 0.5) is 27.8 Å². The SMILES string of the molecule is N#Cc1cn[nH]c1NC(=O)C(F)(F)C(F)(F)F. The van der Waals surface area contributed by atoms with Gasteiger partial charge in [-0.15, -0.1) is 0 Å². The van der Waals surface area contributed by atoms with Crippen molar-refractivity contribution in [3.8, 4) is 6.07 Å². The highest BCUT2D eigenvalue weighted by Gasteiger charge is 2.63. The highest BCUT2D eigenvalue weighted by Crippen LogP contribution is 2.36. The zero-order chi connectivity index (χ0) is 13.3. The third-order valence-corrected chi connectivity index (χ3v) is 1.64. The maximum atomic E-state index is 12.5. The maximum absolute atomic E-state index is 12.5. The molecule has 1 aromatic heterocycles. The fourth-order valence-electron chi connectivity index (χ4n) is 0.787. The summed E-state index contributed by atoms with van der Waals surface area (Å²) in [6.45, 7) is 0. The first kappa shape index (κ1) is 12.9. The van der Waals surface area contributed by atoms with Crippen molar-refractivity contribution in [2.45, 2.75) is 12.1 Å². The van der Waals surface area contributed by atoms with Gasteiger partial charge in [-0.2, -0.15) is 32.3 Å². The van der Waals surface area contributed by atoms with Crippen LogP contribution in [0, 0.1) is 11.3 Å². The van der Waals surface area contributed by atoms with Gasteiger partial charge in [0.25, 0.3) is 0 Å². The van der Waals surface area contributed by atoms with Gasteiger partial charge in [0.1, 0.15) is 17.5 Å². The lowest BCUT2D eigenvalue weighted by Gasteiger charge is -2.17. The predicted molar refractivity (Wildman–Crippen MR) is 42.9 cm³/mol. The Balaban J connectivity index is 2.92. The van der Waals surface area contributed by atoms with Gasteiger partial charge in [0, 0.05) is 0 Å². The number of nitrogens with zero attached hydrogens (tertiary/aromatic N) is 2. The van der Waals surface area contributed by atoms with E-state index in [9.17, 15) is 26.7 Å². The van der Waals surface area contributed by atoms with Crippen LogP contribution in [0.25, 0.3) is 0 Å². The number of carbonyl (C=O) groups excluding carboxylic acids is 1. The molecule has 0 fully saturated rings. The lowest BCUT2D eigenvalue weighted by molar-refractivity contribution is -0.267. The number of halogens is 5. The van der Waals surface area contributed by atoms with Crippen LogP contribution in [0.1, 0.15) is 5.56 Å². The fraction of sp³-hybridized carbons (Fsp3) is 0.286. The summed E-state index contributed by atoms with van der Waals surface area (Å²) in [6, 6.07) is 1.44. The molecule has 0 aliphatic heterocycles. The van der Waals surface area contributed by atoms with Gasteiger partial charge in [0.15, 0.2) is 0 Å². The number of hydrogen-bond donors (Lipinski definition) is 2. The Morgan fingerprint density at radius 1 is 1.41 bits per heavy atom. The topological polar surface area (TPSA) is 81.6 Å². The Morgan fingerprint density at radius 3 is 2.47 bits per heavy atom. The Hall–Kier alpha value is -2.18. The third-order valence-electron chi connectivity index (χ3n) is 1.64. The van der Waals surface area contributed by atoms with Crippen molar-refractivity contribution in [1.29, 1.82) is 5.26 Å². The van der Waals surface area contributed by atoms with Gasteiger partial charge in [0.2, 0.25) is 0 Å². The van der Waals surface area contributed by atoms with Crippen molar-refractivity contribution in [3.63, 3.8) is 0 Å². The van der Waals surface area contributed by atoms with Crippen LogP contribution in [0.3, 0.4) is 0 Å². The highest BCUT2D eigenvalue weighted by molar-refractivity contribution is 5.96. The van der Waals surface area contributed by atoms with Gasteiger partial charge < -0.3 is 5.32 Å². The van der Waals surface area contributed by atoms with Gasteiger partial charge in [0.05, 0.1) is 6.20 Å². The molecule has 0 atom stereocenters. The van der Waals surface area contributed by atoms with Crippen LogP contribution in [0.2, 0.25) is 0 Å². The highest BCUT2D eigenvalue weighted by atomic mass is 19.4. The number of hydrogen-bond acceptors (Lipinski definition) is 3. The first-order valence-electron chi connectivity index (χ1n) is 3.89. The zero-order valence-electron chi connectivity index (χ0n) is 7.77. The molecule has 0 aliphatic carbocycles. The van der Waals surface area contributed by atoms with Crippen LogP contribution < -0.4 is 5.32 Å². The summed E-state index contributed by atoms with van der Waals surface area (Å²) in [4.78, 5) is 10.7. The molecule has 1 aromatic rings. The van der Waals surface area contributed by atoms with E-state index in [1.807, 2.05) is 5.10 Å². The second-order valence-electron chi connectivity index (χ2n) is 2.80. The van der Waals surface area contributed by atoms with E-state index < -0.39 is 23.8 Å². The number of amides is 1. The van der Waals surface area contributed by atoms with Gasteiger partial charge in [-0.05, 0) is 0 Å². The van der Waals surface area contributed by atoms with Crippen LogP contribution in [0.5, 0.6) is 0 Å². The Bertz CT molecular complexity index is 471. The van der Waals surface area contributed by atoms with Gasteiger partial charge in [-0.25, -0.2) is 0 Å². The second-order valence-corrected chi connectivity index (χ2v) is 2.80. The molecule has 92 valence electrons. The summed E-state index contributed by atoms with van der Waals surface area (Å²) in [7, 11) is 0. The Morgan fingerprint density at radius 2 is 2.00 bits per heavy atom. The van der Waals surface area contributed by atoms with E-state index in [2.05, 4.69) is 5.10 Å². The number of anilines is 1. The zero-order valence-corrected chi connectivity index (χ0v) is 7.77. The molecular weight excluding hydrogens is 251 g/mol. The number of carbonyl (C=O) groups is 1. The molecule has 0 aliphatic rings. The van der Waals surface area contributed by atoms with Crippen LogP contribution in [0.15, 0.2) is 6.20 Å². The summed E-state index contributed by atoms with van der Waals surface area (Å²) in [6.07, 6.45) is -5.15. The Labute approximate surface area is 90.2 Å². The van der Waals surface area contributed by atoms with Crippen LogP contribution >= 0.6 is 0 Å².